The summed E-state index contributed by atoms with van der Waals surface area (Å²) in [6.45, 7) is 8.99. The van der Waals surface area contributed by atoms with E-state index in [1.165, 1.54) is 0 Å². The lowest BCUT2D eigenvalue weighted by Gasteiger charge is -2.28. The average molecular weight is 205 g/mol. The summed E-state index contributed by atoms with van der Waals surface area (Å²) in [7, 11) is 0. The number of rotatable bonds is 2. The second-order valence-electron chi connectivity index (χ2n) is 4.66. The van der Waals surface area contributed by atoms with Gasteiger partial charge in [-0.1, -0.05) is 0 Å². The third-order valence-corrected chi connectivity index (χ3v) is 1.70. The van der Waals surface area contributed by atoms with Gasteiger partial charge in [0.25, 0.3) is 0 Å². The highest BCUT2D eigenvalue weighted by Crippen LogP contribution is 2.19. The maximum Gasteiger partial charge on any atom is 0.324 e. The molecule has 13 heavy (non-hydrogen) atoms. The lowest BCUT2D eigenvalue weighted by molar-refractivity contribution is -0.157. The van der Waals surface area contributed by atoms with Gasteiger partial charge in [-0.2, -0.15) is 12.6 Å². The zero-order valence-electron chi connectivity index (χ0n) is 8.92. The summed E-state index contributed by atoms with van der Waals surface area (Å²) in [5.74, 6) is -0.410. The van der Waals surface area contributed by atoms with Crippen molar-refractivity contribution < 1.29 is 9.53 Å². The quantitative estimate of drug-likeness (QED) is 0.529. The average Bonchev–Trinajstić information content (AvgIpc) is 1.79. The predicted molar refractivity (Wildman–Crippen MR) is 56.9 cm³/mol. The van der Waals surface area contributed by atoms with E-state index in [2.05, 4.69) is 12.6 Å². The standard InChI is InChI=1S/C9H19NO2S/c1-8(2,3)12-7(11)6(10)9(4,5)13/h6,13H,10H2,1-5H3. The van der Waals surface area contributed by atoms with Crippen LogP contribution in [0.15, 0.2) is 0 Å². The molecule has 0 amide bonds. The monoisotopic (exact) mass is 205 g/mol. The first kappa shape index (κ1) is 12.8. The fourth-order valence-corrected chi connectivity index (χ4v) is 0.759. The second kappa shape index (κ2) is 3.88. The molecule has 0 aliphatic carbocycles. The molecule has 0 heterocycles. The van der Waals surface area contributed by atoms with Crippen molar-refractivity contribution in [3.63, 3.8) is 0 Å². The zero-order valence-corrected chi connectivity index (χ0v) is 9.81. The van der Waals surface area contributed by atoms with Crippen molar-refractivity contribution in [1.82, 2.24) is 0 Å². The molecule has 0 bridgehead atoms. The first-order chi connectivity index (χ1) is 5.54. The van der Waals surface area contributed by atoms with E-state index in [1.807, 2.05) is 20.8 Å². The van der Waals surface area contributed by atoms with Gasteiger partial charge in [0.05, 0.1) is 0 Å². The van der Waals surface area contributed by atoms with Gasteiger partial charge in [0.1, 0.15) is 11.6 Å². The van der Waals surface area contributed by atoms with Crippen LogP contribution < -0.4 is 5.73 Å². The fraction of sp³-hybridized carbons (Fsp3) is 0.889. The van der Waals surface area contributed by atoms with E-state index in [9.17, 15) is 4.79 Å². The molecule has 1 unspecified atom stereocenters. The highest BCUT2D eigenvalue weighted by Gasteiger charge is 2.32. The van der Waals surface area contributed by atoms with Gasteiger partial charge in [0.15, 0.2) is 0 Å². The smallest absolute Gasteiger partial charge is 0.324 e. The molecule has 4 heteroatoms. The third kappa shape index (κ3) is 5.16. The van der Waals surface area contributed by atoms with Gasteiger partial charge in [-0.3, -0.25) is 4.79 Å². The maximum absolute atomic E-state index is 11.4. The number of carbonyl (C=O) groups excluding carboxylic acids is 1. The van der Waals surface area contributed by atoms with Gasteiger partial charge in [-0.25, -0.2) is 0 Å². The number of hydrogen-bond donors (Lipinski definition) is 2. The van der Waals surface area contributed by atoms with Gasteiger partial charge >= 0.3 is 5.97 Å². The van der Waals surface area contributed by atoms with Crippen molar-refractivity contribution >= 4 is 18.6 Å². The van der Waals surface area contributed by atoms with Crippen LogP contribution in [-0.2, 0) is 9.53 Å². The first-order valence-electron chi connectivity index (χ1n) is 4.25. The molecular formula is C9H19NO2S. The minimum Gasteiger partial charge on any atom is -0.459 e. The minimum atomic E-state index is -0.699. The van der Waals surface area contributed by atoms with Crippen LogP contribution >= 0.6 is 12.6 Å². The van der Waals surface area contributed by atoms with E-state index < -0.39 is 22.4 Å². The zero-order chi connectivity index (χ0) is 10.9. The maximum atomic E-state index is 11.4. The molecule has 0 aromatic heterocycles. The Labute approximate surface area is 85.4 Å². The normalized spacial score (nSPS) is 15.3. The molecule has 0 aromatic rings. The van der Waals surface area contributed by atoms with E-state index in [0.29, 0.717) is 0 Å². The van der Waals surface area contributed by atoms with Crippen molar-refractivity contribution in [3.05, 3.63) is 0 Å². The predicted octanol–water partition coefficient (Wildman–Crippen LogP) is 1.36. The summed E-state index contributed by atoms with van der Waals surface area (Å²) in [5, 5.41) is 0. The molecular weight excluding hydrogens is 186 g/mol. The lowest BCUT2D eigenvalue weighted by Crippen LogP contribution is -2.48. The van der Waals surface area contributed by atoms with Crippen LogP contribution in [0.1, 0.15) is 34.6 Å². The van der Waals surface area contributed by atoms with Crippen LogP contribution in [0, 0.1) is 0 Å². The molecule has 0 radical (unpaired) electrons. The van der Waals surface area contributed by atoms with E-state index in [-0.39, 0.29) is 0 Å². The summed E-state index contributed by atoms with van der Waals surface area (Å²) in [5.41, 5.74) is 5.16. The summed E-state index contributed by atoms with van der Waals surface area (Å²) in [6, 6.07) is -0.699. The van der Waals surface area contributed by atoms with Crippen molar-refractivity contribution in [3.8, 4) is 0 Å². The Kier molecular flexibility index (Phi) is 3.82. The Morgan fingerprint density at radius 1 is 1.31 bits per heavy atom. The Balaban J connectivity index is 4.30. The molecule has 3 nitrogen and oxygen atoms in total. The molecule has 2 N–H and O–H groups in total. The van der Waals surface area contributed by atoms with Crippen molar-refractivity contribution in [2.75, 3.05) is 0 Å². The number of carbonyl (C=O) groups is 1. The summed E-state index contributed by atoms with van der Waals surface area (Å²) in [6.07, 6.45) is 0. The van der Waals surface area contributed by atoms with Gasteiger partial charge in [-0.05, 0) is 34.6 Å². The molecule has 1 atom stereocenters. The van der Waals surface area contributed by atoms with Crippen LogP contribution in [0.3, 0.4) is 0 Å². The van der Waals surface area contributed by atoms with E-state index in [1.54, 1.807) is 13.8 Å². The summed E-state index contributed by atoms with van der Waals surface area (Å²) < 4.78 is 4.56. The molecule has 0 aromatic carbocycles. The fourth-order valence-electron chi connectivity index (χ4n) is 0.654. The number of thiol groups is 1. The van der Waals surface area contributed by atoms with E-state index in [4.69, 9.17) is 10.5 Å². The number of hydrogen-bond acceptors (Lipinski definition) is 4. The number of esters is 1. The van der Waals surface area contributed by atoms with Gasteiger partial charge in [0.2, 0.25) is 0 Å². The van der Waals surface area contributed by atoms with Gasteiger partial charge in [0, 0.05) is 4.75 Å². The van der Waals surface area contributed by atoms with Crippen molar-refractivity contribution in [1.29, 1.82) is 0 Å². The third-order valence-electron chi connectivity index (χ3n) is 1.42. The van der Waals surface area contributed by atoms with E-state index in [0.717, 1.165) is 0 Å². The Morgan fingerprint density at radius 2 is 1.69 bits per heavy atom. The van der Waals surface area contributed by atoms with Crippen molar-refractivity contribution in [2.24, 2.45) is 5.73 Å². The molecule has 0 aliphatic heterocycles. The second-order valence-corrected chi connectivity index (χ2v) is 5.82. The van der Waals surface area contributed by atoms with E-state index >= 15 is 0 Å². The molecule has 0 saturated carbocycles. The number of ether oxygens (including phenoxy) is 1. The van der Waals surface area contributed by atoms with Gasteiger partial charge in [-0.15, -0.1) is 0 Å². The van der Waals surface area contributed by atoms with Crippen molar-refractivity contribution in [2.45, 2.75) is 51.0 Å². The van der Waals surface area contributed by atoms with Crippen LogP contribution in [0.25, 0.3) is 0 Å². The Hall–Kier alpha value is -0.220. The lowest BCUT2D eigenvalue weighted by atomic mass is 10.0. The Bertz CT molecular complexity index is 191. The topological polar surface area (TPSA) is 52.3 Å². The Morgan fingerprint density at radius 3 is 1.92 bits per heavy atom. The van der Waals surface area contributed by atoms with Crippen LogP contribution in [0.5, 0.6) is 0 Å². The summed E-state index contributed by atoms with van der Waals surface area (Å²) in [4.78, 5) is 11.4. The SMILES string of the molecule is CC(C)(C)OC(=O)C(N)C(C)(C)S. The molecule has 0 spiro atoms. The van der Waals surface area contributed by atoms with Crippen LogP contribution in [-0.4, -0.2) is 22.4 Å². The molecule has 78 valence electrons. The van der Waals surface area contributed by atoms with Crippen LogP contribution in [0.4, 0.5) is 0 Å². The molecule has 0 rings (SSSR count). The number of nitrogens with two attached hydrogens (primary N) is 1. The molecule has 0 aliphatic rings. The minimum absolute atomic E-state index is 0.410. The van der Waals surface area contributed by atoms with Gasteiger partial charge < -0.3 is 10.5 Å². The highest BCUT2D eigenvalue weighted by atomic mass is 32.1. The molecule has 0 fully saturated rings. The first-order valence-corrected chi connectivity index (χ1v) is 4.69. The summed E-state index contributed by atoms with van der Waals surface area (Å²) >= 11 is 4.21. The largest absolute Gasteiger partial charge is 0.459 e. The highest BCUT2D eigenvalue weighted by molar-refractivity contribution is 7.81. The molecule has 0 saturated heterocycles. The van der Waals surface area contributed by atoms with Crippen LogP contribution in [0.2, 0.25) is 0 Å².